The van der Waals surface area contributed by atoms with E-state index >= 15 is 0 Å². The van der Waals surface area contributed by atoms with Crippen LogP contribution in [0.3, 0.4) is 0 Å². The lowest BCUT2D eigenvalue weighted by Gasteiger charge is -2.25. The molecule has 1 aliphatic rings. The highest BCUT2D eigenvalue weighted by atomic mass is 16.3. The molecule has 0 spiro atoms. The largest absolute Gasteiger partial charge is 0.393 e. The summed E-state index contributed by atoms with van der Waals surface area (Å²) in [6.45, 7) is 0.892. The predicted octanol–water partition coefficient (Wildman–Crippen LogP) is 1.02. The van der Waals surface area contributed by atoms with E-state index in [2.05, 4.69) is 15.3 Å². The van der Waals surface area contributed by atoms with Gasteiger partial charge in [-0.25, -0.2) is 9.97 Å². The van der Waals surface area contributed by atoms with Crippen LogP contribution in [0.25, 0.3) is 0 Å². The standard InChI is InChI=1S/C11H18N4O/c12-10-5-11(15-7-14-10)13-6-8-1-3-9(16)4-2-8/h5,7-9,16H,1-4,6H2,(H3,12,13,14,15). The first-order chi connectivity index (χ1) is 7.74. The molecule has 0 radical (unpaired) electrons. The molecule has 0 saturated heterocycles. The van der Waals surface area contributed by atoms with Gasteiger partial charge < -0.3 is 16.2 Å². The number of aromatic nitrogens is 2. The van der Waals surface area contributed by atoms with Crippen LogP contribution in [0.1, 0.15) is 25.7 Å². The quantitative estimate of drug-likeness (QED) is 0.711. The SMILES string of the molecule is Nc1cc(NCC2CCC(O)CC2)ncn1. The van der Waals surface area contributed by atoms with Crippen molar-refractivity contribution in [3.05, 3.63) is 12.4 Å². The Morgan fingerprint density at radius 3 is 2.75 bits per heavy atom. The molecule has 88 valence electrons. The second-order valence-electron chi connectivity index (χ2n) is 4.38. The van der Waals surface area contributed by atoms with Crippen molar-refractivity contribution in [2.45, 2.75) is 31.8 Å². The van der Waals surface area contributed by atoms with E-state index in [4.69, 9.17) is 5.73 Å². The van der Waals surface area contributed by atoms with Crippen LogP contribution in [-0.2, 0) is 0 Å². The highest BCUT2D eigenvalue weighted by Crippen LogP contribution is 2.24. The van der Waals surface area contributed by atoms with E-state index < -0.39 is 0 Å². The highest BCUT2D eigenvalue weighted by molar-refractivity contribution is 5.43. The minimum atomic E-state index is -0.0917. The van der Waals surface area contributed by atoms with E-state index in [-0.39, 0.29) is 6.10 Å². The van der Waals surface area contributed by atoms with Crippen molar-refractivity contribution in [1.29, 1.82) is 0 Å². The van der Waals surface area contributed by atoms with Gasteiger partial charge in [0.25, 0.3) is 0 Å². The van der Waals surface area contributed by atoms with Crippen molar-refractivity contribution >= 4 is 11.6 Å². The van der Waals surface area contributed by atoms with Crippen LogP contribution in [0.4, 0.5) is 11.6 Å². The van der Waals surface area contributed by atoms with Gasteiger partial charge in [0.15, 0.2) is 0 Å². The van der Waals surface area contributed by atoms with Crippen molar-refractivity contribution in [3.63, 3.8) is 0 Å². The first-order valence-electron chi connectivity index (χ1n) is 5.73. The summed E-state index contributed by atoms with van der Waals surface area (Å²) in [5.41, 5.74) is 5.56. The Hall–Kier alpha value is -1.36. The summed E-state index contributed by atoms with van der Waals surface area (Å²) in [5.74, 6) is 1.88. The van der Waals surface area contributed by atoms with Gasteiger partial charge >= 0.3 is 0 Å². The van der Waals surface area contributed by atoms with Crippen molar-refractivity contribution < 1.29 is 5.11 Å². The van der Waals surface area contributed by atoms with Gasteiger partial charge in [-0.2, -0.15) is 0 Å². The van der Waals surface area contributed by atoms with Gasteiger partial charge in [0.1, 0.15) is 18.0 Å². The first-order valence-corrected chi connectivity index (χ1v) is 5.73. The molecule has 1 fully saturated rings. The Balaban J connectivity index is 1.79. The topological polar surface area (TPSA) is 84.1 Å². The fourth-order valence-corrected chi connectivity index (χ4v) is 2.07. The predicted molar refractivity (Wildman–Crippen MR) is 62.9 cm³/mol. The smallest absolute Gasteiger partial charge is 0.131 e. The van der Waals surface area contributed by atoms with Gasteiger partial charge in [-0.3, -0.25) is 0 Å². The average molecular weight is 222 g/mol. The number of anilines is 2. The van der Waals surface area contributed by atoms with Gasteiger partial charge in [0, 0.05) is 12.6 Å². The van der Waals surface area contributed by atoms with Crippen LogP contribution in [0, 0.1) is 5.92 Å². The summed E-state index contributed by atoms with van der Waals surface area (Å²) in [6.07, 6.45) is 5.35. The molecule has 0 aromatic carbocycles. The molecule has 0 aliphatic heterocycles. The van der Waals surface area contributed by atoms with Crippen LogP contribution in [0.5, 0.6) is 0 Å². The number of nitrogen functional groups attached to an aromatic ring is 1. The van der Waals surface area contributed by atoms with Crippen molar-refractivity contribution in [3.8, 4) is 0 Å². The number of nitrogens with one attached hydrogen (secondary N) is 1. The fraction of sp³-hybridized carbons (Fsp3) is 0.636. The van der Waals surface area contributed by atoms with E-state index in [9.17, 15) is 5.11 Å². The molecule has 1 aliphatic carbocycles. The number of aliphatic hydroxyl groups excluding tert-OH is 1. The summed E-state index contributed by atoms with van der Waals surface area (Å²) in [5, 5.41) is 12.6. The summed E-state index contributed by atoms with van der Waals surface area (Å²) in [7, 11) is 0. The molecule has 5 heteroatoms. The zero-order valence-electron chi connectivity index (χ0n) is 9.26. The molecular formula is C11H18N4O. The van der Waals surface area contributed by atoms with Gasteiger partial charge in [-0.15, -0.1) is 0 Å². The Morgan fingerprint density at radius 1 is 1.31 bits per heavy atom. The van der Waals surface area contributed by atoms with E-state index in [1.54, 1.807) is 6.07 Å². The molecule has 1 aromatic heterocycles. The molecular weight excluding hydrogens is 204 g/mol. The number of hydrogen-bond acceptors (Lipinski definition) is 5. The Labute approximate surface area is 95.1 Å². The minimum Gasteiger partial charge on any atom is -0.393 e. The number of aliphatic hydroxyl groups is 1. The number of hydrogen-bond donors (Lipinski definition) is 3. The fourth-order valence-electron chi connectivity index (χ4n) is 2.07. The number of rotatable bonds is 3. The summed E-state index contributed by atoms with van der Waals surface area (Å²) < 4.78 is 0. The Kier molecular flexibility index (Phi) is 3.56. The van der Waals surface area contributed by atoms with Crippen molar-refractivity contribution in [1.82, 2.24) is 9.97 Å². The summed E-state index contributed by atoms with van der Waals surface area (Å²) >= 11 is 0. The molecule has 1 heterocycles. The molecule has 4 N–H and O–H groups in total. The lowest BCUT2D eigenvalue weighted by Crippen LogP contribution is -2.23. The summed E-state index contributed by atoms with van der Waals surface area (Å²) in [6, 6.07) is 1.73. The molecule has 0 amide bonds. The molecule has 5 nitrogen and oxygen atoms in total. The van der Waals surface area contributed by atoms with Gasteiger partial charge in [0.2, 0.25) is 0 Å². The van der Waals surface area contributed by atoms with Gasteiger partial charge in [-0.05, 0) is 31.6 Å². The minimum absolute atomic E-state index is 0.0917. The summed E-state index contributed by atoms with van der Waals surface area (Å²) in [4.78, 5) is 7.93. The molecule has 2 rings (SSSR count). The Bertz CT molecular complexity index is 337. The van der Waals surface area contributed by atoms with Crippen molar-refractivity contribution in [2.75, 3.05) is 17.6 Å². The second-order valence-corrected chi connectivity index (χ2v) is 4.38. The normalized spacial score (nSPS) is 25.3. The van der Waals surface area contributed by atoms with Gasteiger partial charge in [0.05, 0.1) is 6.10 Å². The van der Waals surface area contributed by atoms with E-state index in [1.807, 2.05) is 0 Å². The van der Waals surface area contributed by atoms with E-state index in [0.29, 0.717) is 11.7 Å². The molecule has 0 unspecified atom stereocenters. The lowest BCUT2D eigenvalue weighted by atomic mass is 9.87. The maximum Gasteiger partial charge on any atom is 0.131 e. The number of nitrogens with two attached hydrogens (primary N) is 1. The maximum absolute atomic E-state index is 9.39. The van der Waals surface area contributed by atoms with Crippen LogP contribution in [0.2, 0.25) is 0 Å². The van der Waals surface area contributed by atoms with Crippen LogP contribution < -0.4 is 11.1 Å². The van der Waals surface area contributed by atoms with Gasteiger partial charge in [-0.1, -0.05) is 0 Å². The first kappa shape index (κ1) is 11.1. The molecule has 0 atom stereocenters. The second kappa shape index (κ2) is 5.12. The molecule has 1 aromatic rings. The number of nitrogens with zero attached hydrogens (tertiary/aromatic N) is 2. The molecule has 16 heavy (non-hydrogen) atoms. The lowest BCUT2D eigenvalue weighted by molar-refractivity contribution is 0.111. The zero-order valence-corrected chi connectivity index (χ0v) is 9.26. The van der Waals surface area contributed by atoms with Crippen LogP contribution in [0.15, 0.2) is 12.4 Å². The van der Waals surface area contributed by atoms with E-state index in [0.717, 1.165) is 38.0 Å². The van der Waals surface area contributed by atoms with E-state index in [1.165, 1.54) is 6.33 Å². The Morgan fingerprint density at radius 2 is 2.06 bits per heavy atom. The van der Waals surface area contributed by atoms with Crippen LogP contribution in [-0.4, -0.2) is 27.7 Å². The van der Waals surface area contributed by atoms with Crippen LogP contribution >= 0.6 is 0 Å². The highest BCUT2D eigenvalue weighted by Gasteiger charge is 2.18. The third kappa shape index (κ3) is 3.06. The average Bonchev–Trinajstić information content (AvgIpc) is 2.28. The molecule has 0 bridgehead atoms. The third-order valence-corrected chi connectivity index (χ3v) is 3.08. The molecule has 1 saturated carbocycles. The maximum atomic E-state index is 9.39. The monoisotopic (exact) mass is 222 g/mol. The van der Waals surface area contributed by atoms with Crippen molar-refractivity contribution in [2.24, 2.45) is 5.92 Å². The zero-order chi connectivity index (χ0) is 11.4. The third-order valence-electron chi connectivity index (χ3n) is 3.08.